The molecule has 3 rings (SSSR count). The van der Waals surface area contributed by atoms with Gasteiger partial charge in [-0.15, -0.1) is 0 Å². The Kier molecular flexibility index (Phi) is 5.00. The minimum absolute atomic E-state index is 0.0236. The van der Waals surface area contributed by atoms with Crippen molar-refractivity contribution in [3.05, 3.63) is 23.8 Å². The van der Waals surface area contributed by atoms with Crippen LogP contribution >= 0.6 is 0 Å². The molecule has 140 valence electrons. The Labute approximate surface area is 152 Å². The van der Waals surface area contributed by atoms with Gasteiger partial charge in [0.05, 0.1) is 18.9 Å². The third-order valence-electron chi connectivity index (χ3n) is 4.68. The van der Waals surface area contributed by atoms with E-state index in [0.717, 1.165) is 0 Å². The van der Waals surface area contributed by atoms with Gasteiger partial charge in [0.2, 0.25) is 5.91 Å². The number of Topliss-reactive ketones (excluding diaryl/α,β-unsaturated/α-hetero) is 1. The Morgan fingerprint density at radius 3 is 2.54 bits per heavy atom. The van der Waals surface area contributed by atoms with Gasteiger partial charge < -0.3 is 14.4 Å². The number of benzene rings is 1. The van der Waals surface area contributed by atoms with Crippen LogP contribution in [0, 0.1) is 0 Å². The molecule has 0 aliphatic carbocycles. The Morgan fingerprint density at radius 1 is 1.19 bits per heavy atom. The molecule has 7 nitrogen and oxygen atoms in total. The number of anilines is 1. The van der Waals surface area contributed by atoms with Crippen LogP contribution in [0.2, 0.25) is 0 Å². The molecule has 0 bridgehead atoms. The first-order valence-electron chi connectivity index (χ1n) is 8.87. The van der Waals surface area contributed by atoms with Crippen LogP contribution in [0.4, 0.5) is 5.69 Å². The number of fused-ring (bicyclic) bond motifs is 1. The van der Waals surface area contributed by atoms with Crippen molar-refractivity contribution >= 4 is 23.3 Å². The molecule has 26 heavy (non-hydrogen) atoms. The highest BCUT2D eigenvalue weighted by molar-refractivity contribution is 6.07. The van der Waals surface area contributed by atoms with Crippen LogP contribution in [0.25, 0.3) is 0 Å². The Bertz CT molecular complexity index is 737. The summed E-state index contributed by atoms with van der Waals surface area (Å²) in [5.41, 5.74) is -0.101. The zero-order chi connectivity index (χ0) is 18.9. The zero-order valence-electron chi connectivity index (χ0n) is 15.4. The second-order valence-electron chi connectivity index (χ2n) is 6.96. The van der Waals surface area contributed by atoms with Crippen molar-refractivity contribution in [2.75, 3.05) is 37.7 Å². The summed E-state index contributed by atoms with van der Waals surface area (Å²) in [5, 5.41) is 0. The number of carbonyl (C=O) groups is 3. The number of hydrogen-bond acceptors (Lipinski definition) is 5. The van der Waals surface area contributed by atoms with E-state index in [0.29, 0.717) is 49.7 Å². The standard InChI is InChI=1S/C19H24N2O5/c1-4-15(22)13-5-6-16-14(11-13)21(18(24)19(2,3)26-16)12-17(23)20-7-9-25-10-8-20/h5-6,11H,4,7-10,12H2,1-3H3. The maximum Gasteiger partial charge on any atom is 0.271 e. The largest absolute Gasteiger partial charge is 0.476 e. The smallest absolute Gasteiger partial charge is 0.271 e. The van der Waals surface area contributed by atoms with E-state index in [2.05, 4.69) is 0 Å². The number of ketones is 1. The molecule has 1 aromatic carbocycles. The summed E-state index contributed by atoms with van der Waals surface area (Å²) in [5.74, 6) is 0.0341. The van der Waals surface area contributed by atoms with Crippen molar-refractivity contribution in [3.63, 3.8) is 0 Å². The highest BCUT2D eigenvalue weighted by Gasteiger charge is 2.42. The third-order valence-corrected chi connectivity index (χ3v) is 4.68. The van der Waals surface area contributed by atoms with E-state index in [4.69, 9.17) is 9.47 Å². The van der Waals surface area contributed by atoms with Gasteiger partial charge in [0, 0.05) is 25.1 Å². The molecule has 0 spiro atoms. The molecular formula is C19H24N2O5. The van der Waals surface area contributed by atoms with Crippen molar-refractivity contribution < 1.29 is 23.9 Å². The van der Waals surface area contributed by atoms with Crippen LogP contribution in [-0.4, -0.2) is 60.9 Å². The van der Waals surface area contributed by atoms with Crippen LogP contribution < -0.4 is 9.64 Å². The third kappa shape index (κ3) is 3.44. The highest BCUT2D eigenvalue weighted by Crippen LogP contribution is 2.38. The average Bonchev–Trinajstić information content (AvgIpc) is 2.64. The van der Waals surface area contributed by atoms with Crippen LogP contribution in [-0.2, 0) is 14.3 Å². The van der Waals surface area contributed by atoms with Gasteiger partial charge in [0.15, 0.2) is 11.4 Å². The summed E-state index contributed by atoms with van der Waals surface area (Å²) in [6.45, 7) is 7.09. The monoisotopic (exact) mass is 360 g/mol. The molecule has 0 saturated carbocycles. The van der Waals surface area contributed by atoms with Crippen molar-refractivity contribution in [1.82, 2.24) is 4.90 Å². The van der Waals surface area contributed by atoms with Gasteiger partial charge in [-0.3, -0.25) is 19.3 Å². The van der Waals surface area contributed by atoms with E-state index < -0.39 is 5.60 Å². The first-order chi connectivity index (χ1) is 12.3. The number of carbonyl (C=O) groups excluding carboxylic acids is 3. The van der Waals surface area contributed by atoms with Crippen molar-refractivity contribution in [2.24, 2.45) is 0 Å². The van der Waals surface area contributed by atoms with Crippen molar-refractivity contribution in [3.8, 4) is 5.75 Å². The summed E-state index contributed by atoms with van der Waals surface area (Å²) in [6, 6.07) is 5.03. The zero-order valence-corrected chi connectivity index (χ0v) is 15.4. The van der Waals surface area contributed by atoms with Gasteiger partial charge in [-0.1, -0.05) is 6.92 Å². The number of morpholine rings is 1. The average molecular weight is 360 g/mol. The maximum absolute atomic E-state index is 12.9. The van der Waals surface area contributed by atoms with Gasteiger partial charge in [-0.25, -0.2) is 0 Å². The first-order valence-corrected chi connectivity index (χ1v) is 8.87. The van der Waals surface area contributed by atoms with Gasteiger partial charge in [-0.05, 0) is 32.0 Å². The van der Waals surface area contributed by atoms with E-state index >= 15 is 0 Å². The Hall–Kier alpha value is -2.41. The Morgan fingerprint density at radius 2 is 1.88 bits per heavy atom. The lowest BCUT2D eigenvalue weighted by molar-refractivity contribution is -0.138. The molecule has 1 saturated heterocycles. The second-order valence-corrected chi connectivity index (χ2v) is 6.96. The molecule has 2 aliphatic heterocycles. The van der Waals surface area contributed by atoms with E-state index in [-0.39, 0.29) is 24.1 Å². The van der Waals surface area contributed by atoms with E-state index in [1.807, 2.05) is 0 Å². The molecule has 1 fully saturated rings. The number of ether oxygens (including phenoxy) is 2. The van der Waals surface area contributed by atoms with Crippen LogP contribution in [0.3, 0.4) is 0 Å². The molecule has 2 aliphatic rings. The number of rotatable bonds is 4. The normalized spacial score (nSPS) is 19.0. The number of nitrogens with zero attached hydrogens (tertiary/aromatic N) is 2. The molecule has 1 aromatic rings. The van der Waals surface area contributed by atoms with Crippen LogP contribution in [0.15, 0.2) is 18.2 Å². The fraction of sp³-hybridized carbons (Fsp3) is 0.526. The summed E-state index contributed by atoms with van der Waals surface area (Å²) in [6.07, 6.45) is 0.367. The van der Waals surface area contributed by atoms with Crippen molar-refractivity contribution in [1.29, 1.82) is 0 Å². The van der Waals surface area contributed by atoms with Gasteiger partial charge in [0.25, 0.3) is 5.91 Å². The Balaban J connectivity index is 1.93. The number of amides is 2. The van der Waals surface area contributed by atoms with E-state index in [1.165, 1.54) is 4.90 Å². The molecule has 7 heteroatoms. The predicted octanol–water partition coefficient (Wildman–Crippen LogP) is 1.64. The number of hydrogen-bond donors (Lipinski definition) is 0. The van der Waals surface area contributed by atoms with Gasteiger partial charge in [0.1, 0.15) is 12.3 Å². The molecule has 0 radical (unpaired) electrons. The lowest BCUT2D eigenvalue weighted by atomic mass is 10.0. The van der Waals surface area contributed by atoms with Crippen LogP contribution in [0.5, 0.6) is 5.75 Å². The van der Waals surface area contributed by atoms with E-state index in [9.17, 15) is 14.4 Å². The molecule has 0 N–H and O–H groups in total. The van der Waals surface area contributed by atoms with E-state index in [1.54, 1.807) is 43.9 Å². The summed E-state index contributed by atoms with van der Waals surface area (Å²) < 4.78 is 11.1. The fourth-order valence-electron chi connectivity index (χ4n) is 3.15. The van der Waals surface area contributed by atoms with Gasteiger partial charge in [-0.2, -0.15) is 0 Å². The topological polar surface area (TPSA) is 76.2 Å². The summed E-state index contributed by atoms with van der Waals surface area (Å²) in [4.78, 5) is 40.8. The molecule has 0 unspecified atom stereocenters. The highest BCUT2D eigenvalue weighted by atomic mass is 16.5. The summed E-state index contributed by atoms with van der Waals surface area (Å²) >= 11 is 0. The van der Waals surface area contributed by atoms with Crippen molar-refractivity contribution in [2.45, 2.75) is 32.8 Å². The summed E-state index contributed by atoms with van der Waals surface area (Å²) in [7, 11) is 0. The predicted molar refractivity (Wildman–Crippen MR) is 95.5 cm³/mol. The SMILES string of the molecule is CCC(=O)c1ccc2c(c1)N(CC(=O)N1CCOCC1)C(=O)C(C)(C)O2. The lowest BCUT2D eigenvalue weighted by Gasteiger charge is -2.39. The minimum Gasteiger partial charge on any atom is -0.476 e. The van der Waals surface area contributed by atoms with Gasteiger partial charge >= 0.3 is 0 Å². The lowest BCUT2D eigenvalue weighted by Crippen LogP contribution is -2.56. The van der Waals surface area contributed by atoms with Crippen LogP contribution in [0.1, 0.15) is 37.6 Å². The molecular weight excluding hydrogens is 336 g/mol. The maximum atomic E-state index is 12.9. The molecule has 0 atom stereocenters. The second kappa shape index (κ2) is 7.07. The first kappa shape index (κ1) is 18.4. The molecule has 2 amide bonds. The quantitative estimate of drug-likeness (QED) is 0.763. The molecule has 2 heterocycles. The minimum atomic E-state index is -1.07. The molecule has 0 aromatic heterocycles. The fourth-order valence-corrected chi connectivity index (χ4v) is 3.15.